The Hall–Kier alpha value is -2.00. The Morgan fingerprint density at radius 2 is 1.93 bits per heavy atom. The van der Waals surface area contributed by atoms with E-state index in [9.17, 15) is 23.6 Å². The van der Waals surface area contributed by atoms with Gasteiger partial charge in [0, 0.05) is 12.6 Å². The topological polar surface area (TPSA) is 101 Å². The third-order valence-corrected chi connectivity index (χ3v) is 7.25. The molecule has 0 spiro atoms. The number of hydrogen-bond acceptors (Lipinski definition) is 5. The number of benzene rings is 2. The van der Waals surface area contributed by atoms with Crippen LogP contribution in [0.3, 0.4) is 0 Å². The van der Waals surface area contributed by atoms with Crippen LogP contribution >= 0.6 is 11.6 Å². The van der Waals surface area contributed by atoms with Crippen molar-refractivity contribution in [3.8, 4) is 0 Å². The highest BCUT2D eigenvalue weighted by atomic mass is 35.5. The first-order valence-electron chi connectivity index (χ1n) is 8.87. The number of nitro groups is 1. The molecule has 7 nitrogen and oxygen atoms in total. The third-order valence-electron chi connectivity index (χ3n) is 4.93. The Morgan fingerprint density at radius 3 is 2.46 bits per heavy atom. The fraction of sp³-hybridized carbons (Fsp3) is 0.368. The van der Waals surface area contributed by atoms with E-state index < -0.39 is 26.7 Å². The molecule has 0 aromatic heterocycles. The molecule has 28 heavy (non-hydrogen) atoms. The lowest BCUT2D eigenvalue weighted by atomic mass is 10.1. The number of aryl methyl sites for hydroxylation is 1. The summed E-state index contributed by atoms with van der Waals surface area (Å²) in [5.41, 5.74) is 0.630. The maximum Gasteiger partial charge on any atom is 0.289 e. The van der Waals surface area contributed by atoms with Crippen molar-refractivity contribution in [2.75, 3.05) is 6.61 Å². The highest BCUT2D eigenvalue weighted by molar-refractivity contribution is 7.89. The molecule has 1 N–H and O–H groups in total. The number of sulfonamides is 1. The van der Waals surface area contributed by atoms with Crippen LogP contribution in [0.5, 0.6) is 0 Å². The van der Waals surface area contributed by atoms with Crippen LogP contribution in [0.25, 0.3) is 0 Å². The quantitative estimate of drug-likeness (QED) is 0.516. The summed E-state index contributed by atoms with van der Waals surface area (Å²) in [6, 6.07) is 10.8. The second kappa shape index (κ2) is 8.16. The van der Waals surface area contributed by atoms with Crippen LogP contribution in [-0.2, 0) is 16.6 Å². The minimum absolute atomic E-state index is 0.0702. The van der Waals surface area contributed by atoms with E-state index in [1.54, 1.807) is 19.1 Å². The van der Waals surface area contributed by atoms with Crippen LogP contribution in [0.2, 0.25) is 5.02 Å². The Balaban J connectivity index is 2.10. The van der Waals surface area contributed by atoms with Gasteiger partial charge in [0.2, 0.25) is 10.0 Å². The smallest absolute Gasteiger partial charge is 0.289 e. The molecular weight excluding hydrogens is 404 g/mol. The monoisotopic (exact) mass is 424 g/mol. The number of hydrogen-bond donors (Lipinski definition) is 1. The van der Waals surface area contributed by atoms with E-state index in [-0.39, 0.29) is 29.0 Å². The molecular formula is C19H21ClN2O5S. The number of aliphatic hydroxyl groups excluding tert-OH is 1. The second-order valence-electron chi connectivity index (χ2n) is 6.95. The molecule has 0 aliphatic heterocycles. The molecule has 0 bridgehead atoms. The Labute approximate surface area is 168 Å². The largest absolute Gasteiger partial charge is 0.395 e. The summed E-state index contributed by atoms with van der Waals surface area (Å²) in [6.07, 6.45) is 1.68. The highest BCUT2D eigenvalue weighted by Gasteiger charge is 2.41. The number of nitrogens with zero attached hydrogens (tertiary/aromatic N) is 2. The summed E-state index contributed by atoms with van der Waals surface area (Å²) in [4.78, 5) is 10.4. The van der Waals surface area contributed by atoms with Gasteiger partial charge in [0.15, 0.2) is 0 Å². The lowest BCUT2D eigenvalue weighted by molar-refractivity contribution is -0.384. The molecule has 1 saturated carbocycles. The summed E-state index contributed by atoms with van der Waals surface area (Å²) >= 11 is 5.92. The number of nitro benzene ring substituents is 1. The van der Waals surface area contributed by atoms with Crippen LogP contribution in [-0.4, -0.2) is 35.4 Å². The summed E-state index contributed by atoms with van der Waals surface area (Å²) in [5.74, 6) is 0.0751. The molecule has 0 heterocycles. The predicted octanol–water partition coefficient (Wildman–Crippen LogP) is 3.52. The summed E-state index contributed by atoms with van der Waals surface area (Å²) in [5, 5.41) is 21.1. The van der Waals surface area contributed by atoms with E-state index >= 15 is 0 Å². The molecule has 1 atom stereocenters. The summed E-state index contributed by atoms with van der Waals surface area (Å²) < 4.78 is 28.3. The van der Waals surface area contributed by atoms with Crippen molar-refractivity contribution >= 4 is 27.3 Å². The molecule has 1 fully saturated rings. The van der Waals surface area contributed by atoms with Crippen molar-refractivity contribution in [1.29, 1.82) is 0 Å². The highest BCUT2D eigenvalue weighted by Crippen LogP contribution is 2.39. The van der Waals surface area contributed by atoms with E-state index in [0.717, 1.165) is 24.5 Å². The number of rotatable bonds is 8. The van der Waals surface area contributed by atoms with Crippen molar-refractivity contribution in [2.45, 2.75) is 37.2 Å². The van der Waals surface area contributed by atoms with Crippen molar-refractivity contribution in [3.05, 3.63) is 68.7 Å². The zero-order chi connectivity index (χ0) is 20.5. The Morgan fingerprint density at radius 1 is 1.29 bits per heavy atom. The summed E-state index contributed by atoms with van der Waals surface area (Å²) in [7, 11) is -4.11. The Bertz CT molecular complexity index is 977. The van der Waals surface area contributed by atoms with Gasteiger partial charge in [-0.3, -0.25) is 10.1 Å². The zero-order valence-electron chi connectivity index (χ0n) is 15.3. The number of halogens is 1. The van der Waals surface area contributed by atoms with Crippen molar-refractivity contribution in [1.82, 2.24) is 4.31 Å². The van der Waals surface area contributed by atoms with E-state index in [0.29, 0.717) is 5.56 Å². The van der Waals surface area contributed by atoms with Gasteiger partial charge in [0.1, 0.15) is 5.02 Å². The molecule has 1 aliphatic carbocycles. The molecule has 0 saturated heterocycles. The van der Waals surface area contributed by atoms with Gasteiger partial charge in [0.05, 0.1) is 22.5 Å². The van der Waals surface area contributed by atoms with Crippen LogP contribution in [0.4, 0.5) is 5.69 Å². The molecule has 9 heteroatoms. The maximum atomic E-state index is 13.5. The first kappa shape index (κ1) is 20.7. The fourth-order valence-corrected chi connectivity index (χ4v) is 5.47. The normalized spacial score (nSPS) is 15.6. The predicted molar refractivity (Wildman–Crippen MR) is 106 cm³/mol. The van der Waals surface area contributed by atoms with Gasteiger partial charge >= 0.3 is 0 Å². The minimum atomic E-state index is -4.11. The van der Waals surface area contributed by atoms with Gasteiger partial charge in [-0.1, -0.05) is 41.9 Å². The van der Waals surface area contributed by atoms with Crippen molar-refractivity contribution in [2.24, 2.45) is 5.92 Å². The maximum absolute atomic E-state index is 13.5. The zero-order valence-corrected chi connectivity index (χ0v) is 16.9. The van der Waals surface area contributed by atoms with Crippen LogP contribution in [0.1, 0.15) is 24.0 Å². The van der Waals surface area contributed by atoms with E-state index in [1.807, 2.05) is 18.2 Å². The van der Waals surface area contributed by atoms with Gasteiger partial charge in [0.25, 0.3) is 5.69 Å². The standard InChI is InChI=1S/C19H21ClN2O5S/c1-13-9-16(20)17(22(24)25)10-19(13)28(26,27)21(18(12-23)15-7-8-15)11-14-5-3-2-4-6-14/h2-6,9-10,15,18,23H,7-8,11-12H2,1H3/t18-/m1/s1. The molecule has 0 amide bonds. The SMILES string of the molecule is Cc1cc(Cl)c([N+](=O)[O-])cc1S(=O)(=O)N(Cc1ccccc1)[C@H](CO)C1CC1. The van der Waals surface area contributed by atoms with Gasteiger partial charge in [-0.15, -0.1) is 0 Å². The van der Waals surface area contributed by atoms with Crippen LogP contribution in [0, 0.1) is 23.0 Å². The molecule has 3 rings (SSSR count). The fourth-order valence-electron chi connectivity index (χ4n) is 3.29. The average Bonchev–Trinajstić information content (AvgIpc) is 3.47. The molecule has 0 radical (unpaired) electrons. The Kier molecular flexibility index (Phi) is 6.04. The number of aliphatic hydroxyl groups is 1. The lowest BCUT2D eigenvalue weighted by Crippen LogP contribution is -2.43. The van der Waals surface area contributed by atoms with Crippen LogP contribution in [0.15, 0.2) is 47.4 Å². The average molecular weight is 425 g/mol. The first-order valence-corrected chi connectivity index (χ1v) is 10.7. The second-order valence-corrected chi connectivity index (χ2v) is 9.22. The lowest BCUT2D eigenvalue weighted by Gasteiger charge is -2.30. The van der Waals surface area contributed by atoms with Crippen molar-refractivity contribution in [3.63, 3.8) is 0 Å². The minimum Gasteiger partial charge on any atom is -0.395 e. The van der Waals surface area contributed by atoms with E-state index in [2.05, 4.69) is 0 Å². The van der Waals surface area contributed by atoms with E-state index in [1.165, 1.54) is 10.4 Å². The summed E-state index contributed by atoms with van der Waals surface area (Å²) in [6.45, 7) is 1.31. The molecule has 2 aromatic carbocycles. The van der Waals surface area contributed by atoms with Gasteiger partial charge in [-0.2, -0.15) is 4.31 Å². The van der Waals surface area contributed by atoms with Crippen LogP contribution < -0.4 is 0 Å². The molecule has 1 aliphatic rings. The molecule has 150 valence electrons. The third kappa shape index (κ3) is 4.20. The first-order chi connectivity index (χ1) is 13.3. The molecule has 2 aromatic rings. The molecule has 0 unspecified atom stereocenters. The van der Waals surface area contributed by atoms with E-state index in [4.69, 9.17) is 11.6 Å². The van der Waals surface area contributed by atoms with Gasteiger partial charge in [-0.05, 0) is 42.9 Å². The van der Waals surface area contributed by atoms with Gasteiger partial charge in [-0.25, -0.2) is 8.42 Å². The van der Waals surface area contributed by atoms with Gasteiger partial charge < -0.3 is 5.11 Å². The van der Waals surface area contributed by atoms with Crippen molar-refractivity contribution < 1.29 is 18.4 Å².